The average Bonchev–Trinajstić information content (AvgIpc) is 4.02. The molecule has 2 atom stereocenters. The number of esters is 2. The van der Waals surface area contributed by atoms with E-state index in [1.54, 1.807) is 22.3 Å². The molecule has 0 bridgehead atoms. The second kappa shape index (κ2) is 25.7. The Labute approximate surface area is 293 Å². The van der Waals surface area contributed by atoms with Crippen LogP contribution in [0.4, 0.5) is 0 Å². The van der Waals surface area contributed by atoms with Crippen LogP contribution in [0.25, 0.3) is 0 Å². The highest BCUT2D eigenvalue weighted by molar-refractivity contribution is 5.69. The summed E-state index contributed by atoms with van der Waals surface area (Å²) in [6, 6.07) is 4.91. The first-order chi connectivity index (χ1) is 23.6. The van der Waals surface area contributed by atoms with Crippen molar-refractivity contribution in [2.45, 2.75) is 180 Å². The summed E-state index contributed by atoms with van der Waals surface area (Å²) in [5.74, 6) is -0.168. The second-order valence-electron chi connectivity index (χ2n) is 14.1. The number of allylic oxidation sites excluding steroid dienone is 2. The summed E-state index contributed by atoms with van der Waals surface area (Å²) in [6.07, 6.45) is 32.1. The van der Waals surface area contributed by atoms with Crippen LogP contribution in [0.15, 0.2) is 24.3 Å². The van der Waals surface area contributed by atoms with Crippen molar-refractivity contribution < 1.29 is 28.5 Å². The van der Waals surface area contributed by atoms with Crippen LogP contribution in [-0.2, 0) is 54.2 Å². The van der Waals surface area contributed by atoms with Gasteiger partial charge < -0.3 is 18.9 Å². The van der Waals surface area contributed by atoms with Gasteiger partial charge in [0.05, 0.1) is 13.2 Å². The SMILES string of the molecule is CCCCC/C=C/Cc1c(CCCCCC)ccc(CCCCCCCC(=O)OCC2CO2)c1CCCCCCCC(=O)OCC1CO1. The summed E-state index contributed by atoms with van der Waals surface area (Å²) < 4.78 is 20.8. The number of benzene rings is 1. The van der Waals surface area contributed by atoms with E-state index in [1.165, 1.54) is 96.3 Å². The van der Waals surface area contributed by atoms with Gasteiger partial charge in [-0.2, -0.15) is 0 Å². The molecule has 6 nitrogen and oxygen atoms in total. The number of rotatable bonds is 31. The van der Waals surface area contributed by atoms with Crippen LogP contribution in [0.2, 0.25) is 0 Å². The molecule has 0 saturated carbocycles. The third-order valence-electron chi connectivity index (χ3n) is 9.69. The molecular weight excluding hydrogens is 600 g/mol. The number of aryl methyl sites for hydroxylation is 2. The second-order valence-corrected chi connectivity index (χ2v) is 14.1. The van der Waals surface area contributed by atoms with Crippen LogP contribution >= 0.6 is 0 Å². The van der Waals surface area contributed by atoms with E-state index in [4.69, 9.17) is 18.9 Å². The van der Waals surface area contributed by atoms with Crippen LogP contribution in [0.1, 0.15) is 165 Å². The first kappa shape index (κ1) is 40.3. The number of carbonyl (C=O) groups excluding carboxylic acids is 2. The molecule has 6 heteroatoms. The number of carbonyl (C=O) groups is 2. The summed E-state index contributed by atoms with van der Waals surface area (Å²) in [5, 5.41) is 0. The normalized spacial score (nSPS) is 16.8. The lowest BCUT2D eigenvalue weighted by molar-refractivity contribution is -0.145. The summed E-state index contributed by atoms with van der Waals surface area (Å²) in [6.45, 7) is 6.85. The first-order valence-electron chi connectivity index (χ1n) is 19.9. The lowest BCUT2D eigenvalue weighted by Gasteiger charge is -2.19. The van der Waals surface area contributed by atoms with Crippen molar-refractivity contribution >= 4 is 11.9 Å². The van der Waals surface area contributed by atoms with E-state index < -0.39 is 0 Å². The van der Waals surface area contributed by atoms with Crippen molar-refractivity contribution in [1.29, 1.82) is 0 Å². The molecule has 3 rings (SSSR count). The highest BCUT2D eigenvalue weighted by Gasteiger charge is 2.24. The molecule has 0 aliphatic carbocycles. The molecule has 2 fully saturated rings. The van der Waals surface area contributed by atoms with Crippen LogP contribution in [-0.4, -0.2) is 50.6 Å². The van der Waals surface area contributed by atoms with Gasteiger partial charge in [-0.25, -0.2) is 0 Å². The maximum atomic E-state index is 12.0. The monoisotopic (exact) mass is 669 g/mol. The van der Waals surface area contributed by atoms with Gasteiger partial charge in [0, 0.05) is 12.8 Å². The molecular formula is C42H68O6. The summed E-state index contributed by atoms with van der Waals surface area (Å²) >= 11 is 0. The first-order valence-corrected chi connectivity index (χ1v) is 19.9. The Balaban J connectivity index is 1.52. The molecule has 2 aliphatic rings. The molecule has 2 heterocycles. The highest BCUT2D eigenvalue weighted by atomic mass is 16.6. The van der Waals surface area contributed by atoms with E-state index in [0.29, 0.717) is 26.1 Å². The van der Waals surface area contributed by atoms with Gasteiger partial charge in [-0.15, -0.1) is 0 Å². The Morgan fingerprint density at radius 1 is 0.604 bits per heavy atom. The van der Waals surface area contributed by atoms with Crippen LogP contribution in [0, 0.1) is 0 Å². The quantitative estimate of drug-likeness (QED) is 0.0339. The Morgan fingerprint density at radius 2 is 1.06 bits per heavy atom. The van der Waals surface area contributed by atoms with Gasteiger partial charge in [0.25, 0.3) is 0 Å². The number of hydrogen-bond donors (Lipinski definition) is 0. The molecule has 1 aromatic rings. The number of epoxide rings is 2. The minimum absolute atomic E-state index is 0.0832. The Bertz CT molecular complexity index is 1040. The fourth-order valence-electron chi connectivity index (χ4n) is 6.46. The third kappa shape index (κ3) is 19.1. The summed E-state index contributed by atoms with van der Waals surface area (Å²) in [4.78, 5) is 23.9. The lowest BCUT2D eigenvalue weighted by Crippen LogP contribution is -2.09. The minimum atomic E-state index is -0.0845. The summed E-state index contributed by atoms with van der Waals surface area (Å²) in [5.41, 5.74) is 6.34. The van der Waals surface area contributed by atoms with E-state index in [-0.39, 0.29) is 24.1 Å². The van der Waals surface area contributed by atoms with Crippen molar-refractivity contribution in [3.8, 4) is 0 Å². The molecule has 0 spiro atoms. The molecule has 48 heavy (non-hydrogen) atoms. The number of hydrogen-bond acceptors (Lipinski definition) is 6. The van der Waals surface area contributed by atoms with Gasteiger partial charge >= 0.3 is 11.9 Å². The molecule has 272 valence electrons. The van der Waals surface area contributed by atoms with E-state index in [1.807, 2.05) is 0 Å². The molecule has 0 amide bonds. The maximum Gasteiger partial charge on any atom is 0.305 e. The zero-order valence-electron chi connectivity index (χ0n) is 30.7. The molecule has 2 unspecified atom stereocenters. The van der Waals surface area contributed by atoms with Crippen LogP contribution in [0.3, 0.4) is 0 Å². The molecule has 0 aromatic heterocycles. The maximum absolute atomic E-state index is 12.0. The van der Waals surface area contributed by atoms with Crippen molar-refractivity contribution in [3.05, 3.63) is 46.5 Å². The standard InChI is InChI=1S/C42H68O6/c1-3-5-7-9-13-19-25-39-35(23-17-8-6-4-2)29-30-36(24-18-12-10-15-21-27-41(43)47-33-37-31-45-37)40(39)26-20-14-11-16-22-28-42(44)48-34-38-32-46-38/h13,19,29-30,37-38H,3-12,14-18,20-28,31-34H2,1-2H3/b19-13+. The predicted octanol–water partition coefficient (Wildman–Crippen LogP) is 10.1. The van der Waals surface area contributed by atoms with Gasteiger partial charge in [-0.1, -0.05) is 109 Å². The Morgan fingerprint density at radius 3 is 1.60 bits per heavy atom. The van der Waals surface area contributed by atoms with E-state index in [9.17, 15) is 9.59 Å². The summed E-state index contributed by atoms with van der Waals surface area (Å²) in [7, 11) is 0. The lowest BCUT2D eigenvalue weighted by atomic mass is 9.86. The van der Waals surface area contributed by atoms with E-state index >= 15 is 0 Å². The molecule has 2 aliphatic heterocycles. The highest BCUT2D eigenvalue weighted by Crippen LogP contribution is 2.27. The van der Waals surface area contributed by atoms with E-state index in [0.717, 1.165) is 58.2 Å². The third-order valence-corrected chi connectivity index (χ3v) is 9.69. The Hall–Kier alpha value is -2.18. The molecule has 0 radical (unpaired) electrons. The van der Waals surface area contributed by atoms with E-state index in [2.05, 4.69) is 38.1 Å². The van der Waals surface area contributed by atoms with Gasteiger partial charge in [0.2, 0.25) is 0 Å². The van der Waals surface area contributed by atoms with Crippen molar-refractivity contribution in [2.75, 3.05) is 26.4 Å². The van der Waals surface area contributed by atoms with Crippen molar-refractivity contribution in [1.82, 2.24) is 0 Å². The molecule has 2 saturated heterocycles. The van der Waals surface area contributed by atoms with Gasteiger partial charge in [0.1, 0.15) is 25.4 Å². The topological polar surface area (TPSA) is 77.7 Å². The van der Waals surface area contributed by atoms with Gasteiger partial charge in [0.15, 0.2) is 0 Å². The van der Waals surface area contributed by atoms with Crippen LogP contribution < -0.4 is 0 Å². The Kier molecular flexibility index (Phi) is 21.6. The van der Waals surface area contributed by atoms with Crippen molar-refractivity contribution in [3.63, 3.8) is 0 Å². The number of ether oxygens (including phenoxy) is 4. The number of unbranched alkanes of at least 4 members (excludes halogenated alkanes) is 14. The fourth-order valence-corrected chi connectivity index (χ4v) is 6.46. The molecule has 0 N–H and O–H groups in total. The van der Waals surface area contributed by atoms with Crippen LogP contribution in [0.5, 0.6) is 0 Å². The average molecular weight is 669 g/mol. The van der Waals surface area contributed by atoms with Crippen molar-refractivity contribution in [2.24, 2.45) is 0 Å². The fraction of sp³-hybridized carbons (Fsp3) is 0.762. The smallest absolute Gasteiger partial charge is 0.305 e. The zero-order valence-corrected chi connectivity index (χ0v) is 30.7. The molecule has 1 aromatic carbocycles. The van der Waals surface area contributed by atoms with Gasteiger partial charge in [-0.05, 0) is 92.9 Å². The minimum Gasteiger partial charge on any atom is -0.463 e. The largest absolute Gasteiger partial charge is 0.463 e. The zero-order chi connectivity index (χ0) is 34.1. The van der Waals surface area contributed by atoms with Gasteiger partial charge in [-0.3, -0.25) is 9.59 Å². The predicted molar refractivity (Wildman–Crippen MR) is 195 cm³/mol.